The van der Waals surface area contributed by atoms with Crippen LogP contribution in [-0.2, 0) is 10.0 Å². The van der Waals surface area contributed by atoms with Gasteiger partial charge in [0.2, 0.25) is 0 Å². The van der Waals surface area contributed by atoms with Crippen LogP contribution in [0.25, 0.3) is 0 Å². The largest absolute Gasteiger partial charge is 0.352 e. The fourth-order valence-electron chi connectivity index (χ4n) is 2.05. The van der Waals surface area contributed by atoms with Gasteiger partial charge in [-0.05, 0) is 54.8 Å². The predicted octanol–water partition coefficient (Wildman–Crippen LogP) is 3.84. The first kappa shape index (κ1) is 19.3. The number of hydrogen-bond acceptors (Lipinski definition) is 3. The monoisotopic (exact) mass is 380 g/mol. The van der Waals surface area contributed by atoms with Gasteiger partial charge >= 0.3 is 0 Å². The highest BCUT2D eigenvalue weighted by atomic mass is 35.5. The third-order valence-electron chi connectivity index (χ3n) is 3.52. The van der Waals surface area contributed by atoms with Gasteiger partial charge in [-0.25, -0.2) is 8.42 Å². The van der Waals surface area contributed by atoms with E-state index in [0.29, 0.717) is 28.7 Å². The molecule has 2 N–H and O–H groups in total. The Morgan fingerprint density at radius 1 is 1.12 bits per heavy atom. The van der Waals surface area contributed by atoms with E-state index in [1.165, 1.54) is 24.3 Å². The minimum atomic E-state index is -3.75. The molecule has 25 heavy (non-hydrogen) atoms. The number of anilines is 1. The van der Waals surface area contributed by atoms with Crippen molar-refractivity contribution in [3.05, 3.63) is 58.6 Å². The van der Waals surface area contributed by atoms with E-state index in [9.17, 15) is 13.2 Å². The molecule has 2 aromatic carbocycles. The minimum absolute atomic E-state index is 0.0737. The van der Waals surface area contributed by atoms with E-state index in [1.54, 1.807) is 18.2 Å². The number of amides is 1. The van der Waals surface area contributed by atoms with E-state index in [2.05, 4.69) is 10.0 Å². The van der Waals surface area contributed by atoms with Crippen LogP contribution in [0.2, 0.25) is 5.02 Å². The summed E-state index contributed by atoms with van der Waals surface area (Å²) in [4.78, 5) is 12.1. The average molecular weight is 381 g/mol. The first-order chi connectivity index (χ1) is 11.7. The molecule has 5 nitrogen and oxygen atoms in total. The lowest BCUT2D eigenvalue weighted by Gasteiger charge is -2.10. The lowest BCUT2D eigenvalue weighted by molar-refractivity contribution is 0.0949. The number of rotatable bonds is 6. The van der Waals surface area contributed by atoms with Gasteiger partial charge in [-0.2, -0.15) is 0 Å². The fourth-order valence-corrected chi connectivity index (χ4v) is 3.28. The number of nitrogens with one attached hydrogen (secondary N) is 2. The van der Waals surface area contributed by atoms with E-state index in [0.717, 1.165) is 5.56 Å². The molecule has 0 saturated carbocycles. The minimum Gasteiger partial charge on any atom is -0.352 e. The van der Waals surface area contributed by atoms with Gasteiger partial charge in [0.25, 0.3) is 15.9 Å². The Morgan fingerprint density at radius 2 is 1.76 bits per heavy atom. The van der Waals surface area contributed by atoms with Crippen molar-refractivity contribution in [3.8, 4) is 0 Å². The van der Waals surface area contributed by atoms with Crippen molar-refractivity contribution < 1.29 is 13.2 Å². The molecule has 2 rings (SSSR count). The smallest absolute Gasteiger partial charge is 0.261 e. The summed E-state index contributed by atoms with van der Waals surface area (Å²) in [6, 6.07) is 10.7. The van der Waals surface area contributed by atoms with Gasteiger partial charge in [-0.15, -0.1) is 0 Å². The molecule has 134 valence electrons. The van der Waals surface area contributed by atoms with E-state index in [-0.39, 0.29) is 10.8 Å². The Hall–Kier alpha value is -2.05. The van der Waals surface area contributed by atoms with Crippen LogP contribution in [0.4, 0.5) is 5.69 Å². The summed E-state index contributed by atoms with van der Waals surface area (Å²) in [7, 11) is -3.75. The van der Waals surface area contributed by atoms with Crippen LogP contribution in [0, 0.1) is 12.8 Å². The third kappa shape index (κ3) is 5.21. The van der Waals surface area contributed by atoms with Crippen molar-refractivity contribution in [2.45, 2.75) is 25.7 Å². The number of aryl methyl sites for hydroxylation is 1. The molecule has 0 aliphatic heterocycles. The molecule has 0 saturated heterocycles. The average Bonchev–Trinajstić information content (AvgIpc) is 2.56. The van der Waals surface area contributed by atoms with Crippen molar-refractivity contribution in [1.29, 1.82) is 0 Å². The van der Waals surface area contributed by atoms with Crippen LogP contribution in [0.1, 0.15) is 29.8 Å². The van der Waals surface area contributed by atoms with Crippen LogP contribution in [-0.4, -0.2) is 20.9 Å². The SMILES string of the molecule is Cc1ccc(NS(=O)(=O)c2ccc(C(=O)NCC(C)C)cc2)cc1Cl. The maximum absolute atomic E-state index is 12.4. The molecular weight excluding hydrogens is 360 g/mol. The summed E-state index contributed by atoms with van der Waals surface area (Å²) in [6.07, 6.45) is 0. The summed E-state index contributed by atoms with van der Waals surface area (Å²) in [5.74, 6) is 0.116. The fraction of sp³-hybridized carbons (Fsp3) is 0.278. The molecular formula is C18H21ClN2O3S. The first-order valence-electron chi connectivity index (χ1n) is 7.86. The molecule has 2 aromatic rings. The van der Waals surface area contributed by atoms with Crippen LogP contribution >= 0.6 is 11.6 Å². The van der Waals surface area contributed by atoms with Gasteiger partial charge in [-0.3, -0.25) is 9.52 Å². The lowest BCUT2D eigenvalue weighted by atomic mass is 10.2. The summed E-state index contributed by atoms with van der Waals surface area (Å²) in [5.41, 5.74) is 1.66. The second-order valence-corrected chi connectivity index (χ2v) is 8.29. The Morgan fingerprint density at radius 3 is 2.32 bits per heavy atom. The van der Waals surface area contributed by atoms with Gasteiger partial charge < -0.3 is 5.32 Å². The van der Waals surface area contributed by atoms with Gasteiger partial charge in [0.1, 0.15) is 0 Å². The highest BCUT2D eigenvalue weighted by molar-refractivity contribution is 7.92. The van der Waals surface area contributed by atoms with Crippen molar-refractivity contribution in [3.63, 3.8) is 0 Å². The zero-order valence-electron chi connectivity index (χ0n) is 14.3. The second-order valence-electron chi connectivity index (χ2n) is 6.20. The molecule has 0 heterocycles. The number of carbonyl (C=O) groups is 1. The summed E-state index contributed by atoms with van der Waals surface area (Å²) < 4.78 is 27.4. The maximum atomic E-state index is 12.4. The van der Waals surface area contributed by atoms with Gasteiger partial charge in [0, 0.05) is 17.1 Å². The van der Waals surface area contributed by atoms with Gasteiger partial charge in [0.15, 0.2) is 0 Å². The van der Waals surface area contributed by atoms with Crippen LogP contribution < -0.4 is 10.0 Å². The number of sulfonamides is 1. The van der Waals surface area contributed by atoms with Crippen LogP contribution in [0.5, 0.6) is 0 Å². The quantitative estimate of drug-likeness (QED) is 0.799. The Balaban J connectivity index is 2.14. The van der Waals surface area contributed by atoms with Crippen molar-refractivity contribution in [1.82, 2.24) is 5.32 Å². The molecule has 1 amide bonds. The number of hydrogen-bond donors (Lipinski definition) is 2. The number of halogens is 1. The van der Waals surface area contributed by atoms with Crippen LogP contribution in [0.15, 0.2) is 47.4 Å². The van der Waals surface area contributed by atoms with Crippen molar-refractivity contribution in [2.24, 2.45) is 5.92 Å². The molecule has 0 aliphatic rings. The van der Waals surface area contributed by atoms with E-state index in [4.69, 9.17) is 11.6 Å². The highest BCUT2D eigenvalue weighted by Crippen LogP contribution is 2.22. The van der Waals surface area contributed by atoms with Crippen LogP contribution in [0.3, 0.4) is 0 Å². The lowest BCUT2D eigenvalue weighted by Crippen LogP contribution is -2.27. The normalized spacial score (nSPS) is 11.4. The standard InChI is InChI=1S/C18H21ClN2O3S/c1-12(2)11-20-18(22)14-5-8-16(9-6-14)25(23,24)21-15-7-4-13(3)17(19)10-15/h4-10,12,21H,11H2,1-3H3,(H,20,22). The summed E-state index contributed by atoms with van der Waals surface area (Å²) in [6.45, 7) is 6.40. The number of carbonyl (C=O) groups excluding carboxylic acids is 1. The van der Waals surface area contributed by atoms with Gasteiger partial charge in [-0.1, -0.05) is 31.5 Å². The van der Waals surface area contributed by atoms with Gasteiger partial charge in [0.05, 0.1) is 10.6 Å². The van der Waals surface area contributed by atoms with Crippen molar-refractivity contribution >= 4 is 33.2 Å². The molecule has 0 atom stereocenters. The van der Waals surface area contributed by atoms with E-state index in [1.807, 2.05) is 20.8 Å². The molecule has 0 aliphatic carbocycles. The molecule has 0 radical (unpaired) electrons. The molecule has 7 heteroatoms. The predicted molar refractivity (Wildman–Crippen MR) is 101 cm³/mol. The Bertz CT molecular complexity index is 862. The highest BCUT2D eigenvalue weighted by Gasteiger charge is 2.15. The second kappa shape index (κ2) is 7.89. The molecule has 0 fully saturated rings. The van der Waals surface area contributed by atoms with E-state index >= 15 is 0 Å². The zero-order chi connectivity index (χ0) is 18.6. The van der Waals surface area contributed by atoms with E-state index < -0.39 is 10.0 Å². The third-order valence-corrected chi connectivity index (χ3v) is 5.33. The molecule has 0 bridgehead atoms. The zero-order valence-corrected chi connectivity index (χ0v) is 15.9. The Kier molecular flexibility index (Phi) is 6.08. The topological polar surface area (TPSA) is 75.3 Å². The molecule has 0 spiro atoms. The Labute approximate surface area is 153 Å². The van der Waals surface area contributed by atoms with Crippen molar-refractivity contribution in [2.75, 3.05) is 11.3 Å². The summed E-state index contributed by atoms with van der Waals surface area (Å²) in [5, 5.41) is 3.27. The molecule has 0 unspecified atom stereocenters. The maximum Gasteiger partial charge on any atom is 0.261 e. The number of benzene rings is 2. The molecule has 0 aromatic heterocycles. The summed E-state index contributed by atoms with van der Waals surface area (Å²) >= 11 is 6.02. The first-order valence-corrected chi connectivity index (χ1v) is 9.72.